The van der Waals surface area contributed by atoms with Crippen LogP contribution >= 0.6 is 0 Å². The molecule has 9 heteroatoms. The average Bonchev–Trinajstić information content (AvgIpc) is 2.71. The largest absolute Gasteiger partial charge is 0.494 e. The van der Waals surface area contributed by atoms with Gasteiger partial charge in [0.05, 0.1) is 28.1 Å². The van der Waals surface area contributed by atoms with Gasteiger partial charge < -0.3 is 9.31 Å². The number of halogens is 3. The van der Waals surface area contributed by atoms with Crippen LogP contribution in [0.5, 0.6) is 0 Å². The van der Waals surface area contributed by atoms with E-state index in [0.717, 1.165) is 0 Å². The second-order valence-electron chi connectivity index (χ2n) is 7.72. The van der Waals surface area contributed by atoms with Gasteiger partial charge in [-0.05, 0) is 52.1 Å². The van der Waals surface area contributed by atoms with Gasteiger partial charge in [0.1, 0.15) is 0 Å². The van der Waals surface area contributed by atoms with E-state index in [1.807, 2.05) is 27.7 Å². The lowest BCUT2D eigenvalue weighted by Crippen LogP contribution is -2.41. The number of nitrogens with two attached hydrogens (primary N) is 1. The molecule has 0 aromatic heterocycles. The first kappa shape index (κ1) is 21.4. The highest BCUT2D eigenvalue weighted by Crippen LogP contribution is 2.39. The Morgan fingerprint density at radius 2 is 1.58 bits per heavy atom. The van der Waals surface area contributed by atoms with Crippen LogP contribution in [-0.4, -0.2) is 34.0 Å². The maximum absolute atomic E-state index is 13.4. The third-order valence-electron chi connectivity index (χ3n) is 5.22. The molecule has 1 aliphatic rings. The minimum Gasteiger partial charge on any atom is -0.399 e. The summed E-state index contributed by atoms with van der Waals surface area (Å²) in [7, 11) is -2.43. The molecular weight excluding hydrogens is 366 g/mol. The van der Waals surface area contributed by atoms with E-state index in [-0.39, 0.29) is 12.0 Å². The molecule has 1 aromatic carbocycles. The molecule has 0 spiro atoms. The van der Waals surface area contributed by atoms with E-state index >= 15 is 0 Å². The second-order valence-corrected chi connectivity index (χ2v) is 9.19. The van der Waals surface area contributed by atoms with Gasteiger partial charge in [0.15, 0.2) is 0 Å². The Morgan fingerprint density at radius 1 is 1.12 bits per heavy atom. The zero-order chi connectivity index (χ0) is 19.9. The molecule has 0 saturated carbocycles. The Bertz CT molecular complexity index is 648. The van der Waals surface area contributed by atoms with Crippen LogP contribution in [0.2, 0.25) is 0 Å². The van der Waals surface area contributed by atoms with Crippen molar-refractivity contribution in [2.45, 2.75) is 69.6 Å². The minimum absolute atomic E-state index is 0.107. The van der Waals surface area contributed by atoms with E-state index in [0.29, 0.717) is 5.46 Å². The van der Waals surface area contributed by atoms with Gasteiger partial charge >= 0.3 is 13.3 Å². The van der Waals surface area contributed by atoms with Crippen LogP contribution in [0.3, 0.4) is 0 Å². The molecule has 1 aliphatic heterocycles. The Hall–Kier alpha value is -0.895. The van der Waals surface area contributed by atoms with E-state index in [4.69, 9.17) is 14.4 Å². The third-order valence-corrected chi connectivity index (χ3v) is 6.21. The SMILES string of the molecule is CC(C[C@H](c1ccc(B2OC(C)(C)C(C)(C)O2)cc1)C(F)(F)F)S(N)=O. The normalized spacial score (nSPS) is 22.9. The molecule has 2 rings (SSSR count). The summed E-state index contributed by atoms with van der Waals surface area (Å²) in [5.74, 6) is -1.72. The molecule has 146 valence electrons. The number of benzene rings is 1. The Morgan fingerprint density at radius 3 is 1.96 bits per heavy atom. The first-order valence-corrected chi connectivity index (χ1v) is 9.69. The molecule has 1 fully saturated rings. The van der Waals surface area contributed by atoms with Crippen LogP contribution in [-0.2, 0) is 20.3 Å². The summed E-state index contributed by atoms with van der Waals surface area (Å²) in [6, 6.07) is 6.01. The van der Waals surface area contributed by atoms with Gasteiger partial charge in [0.25, 0.3) is 0 Å². The van der Waals surface area contributed by atoms with Gasteiger partial charge in [-0.2, -0.15) is 13.2 Å². The molecule has 0 radical (unpaired) electrons. The van der Waals surface area contributed by atoms with Crippen molar-refractivity contribution in [2.75, 3.05) is 0 Å². The van der Waals surface area contributed by atoms with Gasteiger partial charge in [-0.3, -0.25) is 5.14 Å². The van der Waals surface area contributed by atoms with Gasteiger partial charge in [-0.15, -0.1) is 0 Å². The maximum Gasteiger partial charge on any atom is 0.494 e. The smallest absolute Gasteiger partial charge is 0.399 e. The van der Waals surface area contributed by atoms with Crippen molar-refractivity contribution in [2.24, 2.45) is 5.14 Å². The standard InChI is InChI=1S/C17H25BF3NO3S/c1-11(26(22)23)10-14(17(19,20)21)12-6-8-13(9-7-12)18-24-15(2,3)16(4,5)25-18/h6-9,11,14H,10,22H2,1-5H3/t11?,14-,26?/m1/s1. The van der Waals surface area contributed by atoms with Crippen LogP contribution in [0.25, 0.3) is 0 Å². The first-order valence-electron chi connectivity index (χ1n) is 8.42. The fraction of sp³-hybridized carbons (Fsp3) is 0.647. The summed E-state index contributed by atoms with van der Waals surface area (Å²) in [6.07, 6.45) is -4.78. The summed E-state index contributed by atoms with van der Waals surface area (Å²) in [6.45, 7) is 9.10. The molecule has 0 bridgehead atoms. The van der Waals surface area contributed by atoms with Gasteiger partial charge in [0.2, 0.25) is 0 Å². The van der Waals surface area contributed by atoms with Crippen molar-refractivity contribution in [3.05, 3.63) is 29.8 Å². The van der Waals surface area contributed by atoms with E-state index in [9.17, 15) is 17.4 Å². The lowest BCUT2D eigenvalue weighted by atomic mass is 9.78. The van der Waals surface area contributed by atoms with Crippen LogP contribution < -0.4 is 10.6 Å². The van der Waals surface area contributed by atoms with Crippen molar-refractivity contribution >= 4 is 23.6 Å². The van der Waals surface area contributed by atoms with Crippen LogP contribution in [0.1, 0.15) is 52.5 Å². The Balaban J connectivity index is 2.23. The van der Waals surface area contributed by atoms with E-state index in [2.05, 4.69) is 0 Å². The molecule has 2 N–H and O–H groups in total. The molecule has 0 amide bonds. The van der Waals surface area contributed by atoms with E-state index < -0.39 is 46.7 Å². The zero-order valence-electron chi connectivity index (χ0n) is 15.6. The lowest BCUT2D eigenvalue weighted by molar-refractivity contribution is -0.151. The fourth-order valence-electron chi connectivity index (χ4n) is 2.75. The molecule has 1 heterocycles. The molecular formula is C17H25BF3NO3S. The van der Waals surface area contributed by atoms with Crippen molar-refractivity contribution in [3.63, 3.8) is 0 Å². The van der Waals surface area contributed by atoms with Crippen LogP contribution in [0.4, 0.5) is 13.2 Å². The highest BCUT2D eigenvalue weighted by molar-refractivity contribution is 7.83. The summed E-state index contributed by atoms with van der Waals surface area (Å²) in [5.41, 5.74) is -0.282. The van der Waals surface area contributed by atoms with Crippen LogP contribution in [0, 0.1) is 0 Å². The number of hydrogen-bond acceptors (Lipinski definition) is 3. The molecule has 2 unspecified atom stereocenters. The van der Waals surface area contributed by atoms with Gasteiger partial charge in [0, 0.05) is 5.25 Å². The quantitative estimate of drug-likeness (QED) is 0.785. The Kier molecular flexibility index (Phi) is 5.98. The monoisotopic (exact) mass is 391 g/mol. The molecule has 0 aliphatic carbocycles. The van der Waals surface area contributed by atoms with Crippen molar-refractivity contribution in [1.29, 1.82) is 0 Å². The van der Waals surface area contributed by atoms with Crippen molar-refractivity contribution in [1.82, 2.24) is 0 Å². The summed E-state index contributed by atoms with van der Waals surface area (Å²) >= 11 is 0. The summed E-state index contributed by atoms with van der Waals surface area (Å²) in [5, 5.41) is 4.48. The highest BCUT2D eigenvalue weighted by Gasteiger charge is 2.51. The maximum atomic E-state index is 13.4. The topological polar surface area (TPSA) is 61.6 Å². The molecule has 26 heavy (non-hydrogen) atoms. The summed E-state index contributed by atoms with van der Waals surface area (Å²) < 4.78 is 63.4. The Labute approximate surface area is 155 Å². The predicted octanol–water partition coefficient (Wildman–Crippen LogP) is 3.03. The first-order chi connectivity index (χ1) is 11.7. The summed E-state index contributed by atoms with van der Waals surface area (Å²) in [4.78, 5) is 0. The number of rotatable bonds is 5. The van der Waals surface area contributed by atoms with Gasteiger partial charge in [-0.25, -0.2) is 4.21 Å². The zero-order valence-corrected chi connectivity index (χ0v) is 16.4. The lowest BCUT2D eigenvalue weighted by Gasteiger charge is -2.32. The predicted molar refractivity (Wildman–Crippen MR) is 97.4 cm³/mol. The fourth-order valence-corrected chi connectivity index (χ4v) is 3.13. The van der Waals surface area contributed by atoms with E-state index in [1.54, 1.807) is 12.1 Å². The third kappa shape index (κ3) is 4.50. The molecule has 1 saturated heterocycles. The average molecular weight is 391 g/mol. The molecule has 4 nitrogen and oxygen atoms in total. The van der Waals surface area contributed by atoms with Crippen LogP contribution in [0.15, 0.2) is 24.3 Å². The molecule has 1 aromatic rings. The molecule has 3 atom stereocenters. The number of hydrogen-bond donors (Lipinski definition) is 1. The highest BCUT2D eigenvalue weighted by atomic mass is 32.2. The second kappa shape index (κ2) is 7.26. The van der Waals surface area contributed by atoms with Crippen molar-refractivity contribution in [3.8, 4) is 0 Å². The van der Waals surface area contributed by atoms with E-state index in [1.165, 1.54) is 19.1 Å². The van der Waals surface area contributed by atoms with Crippen molar-refractivity contribution < 1.29 is 26.7 Å². The number of alkyl halides is 3. The van der Waals surface area contributed by atoms with Gasteiger partial charge in [-0.1, -0.05) is 24.3 Å². The minimum atomic E-state index is -4.44.